The molecule has 3 rings (SSSR count). The standard InChI is InChI=1S/C21H27NO4S/c1-4-24-18-12-16(13-19(25-5-2)20(18)26-6-3)21(23)22-10-7-8-17(22)15-9-11-27-14-15/h9,11-14,17H,4-8,10H2,1-3H3. The number of thiophene rings is 1. The van der Waals surface area contributed by atoms with Crippen LogP contribution in [0.1, 0.15) is 55.6 Å². The van der Waals surface area contributed by atoms with E-state index in [4.69, 9.17) is 14.2 Å². The van der Waals surface area contributed by atoms with E-state index in [0.717, 1.165) is 19.4 Å². The molecule has 2 aromatic rings. The van der Waals surface area contributed by atoms with E-state index in [-0.39, 0.29) is 11.9 Å². The molecule has 0 radical (unpaired) electrons. The molecule has 0 aliphatic carbocycles. The molecule has 27 heavy (non-hydrogen) atoms. The van der Waals surface area contributed by atoms with Crippen molar-refractivity contribution in [3.63, 3.8) is 0 Å². The second kappa shape index (κ2) is 9.13. The van der Waals surface area contributed by atoms with Gasteiger partial charge in [-0.25, -0.2) is 0 Å². The van der Waals surface area contributed by atoms with Gasteiger partial charge >= 0.3 is 0 Å². The smallest absolute Gasteiger partial charge is 0.254 e. The monoisotopic (exact) mass is 389 g/mol. The van der Waals surface area contributed by atoms with Gasteiger partial charge in [0.15, 0.2) is 11.5 Å². The highest BCUT2D eigenvalue weighted by Gasteiger charge is 2.32. The molecule has 0 bridgehead atoms. The Bertz CT molecular complexity index is 733. The van der Waals surface area contributed by atoms with Gasteiger partial charge in [-0.05, 0) is 68.1 Å². The van der Waals surface area contributed by atoms with E-state index in [2.05, 4.69) is 16.8 Å². The van der Waals surface area contributed by atoms with E-state index in [0.29, 0.717) is 42.6 Å². The van der Waals surface area contributed by atoms with E-state index >= 15 is 0 Å². The summed E-state index contributed by atoms with van der Waals surface area (Å²) in [5.41, 5.74) is 1.79. The van der Waals surface area contributed by atoms with Crippen LogP contribution in [-0.4, -0.2) is 37.2 Å². The van der Waals surface area contributed by atoms with Crippen molar-refractivity contribution in [3.05, 3.63) is 40.1 Å². The van der Waals surface area contributed by atoms with E-state index in [9.17, 15) is 4.79 Å². The Kier molecular flexibility index (Phi) is 6.61. The molecule has 1 fully saturated rings. The number of carbonyl (C=O) groups excluding carboxylic acids is 1. The van der Waals surface area contributed by atoms with Crippen LogP contribution in [0.15, 0.2) is 29.0 Å². The van der Waals surface area contributed by atoms with Gasteiger partial charge in [0, 0.05) is 12.1 Å². The molecule has 1 atom stereocenters. The number of hydrogen-bond donors (Lipinski definition) is 0. The van der Waals surface area contributed by atoms with Crippen molar-refractivity contribution in [2.45, 2.75) is 39.7 Å². The molecule has 0 N–H and O–H groups in total. The van der Waals surface area contributed by atoms with E-state index in [1.165, 1.54) is 5.56 Å². The van der Waals surface area contributed by atoms with Crippen molar-refractivity contribution in [1.29, 1.82) is 0 Å². The Morgan fingerprint density at radius 2 is 1.78 bits per heavy atom. The molecule has 0 spiro atoms. The zero-order chi connectivity index (χ0) is 19.2. The summed E-state index contributed by atoms with van der Waals surface area (Å²) in [5.74, 6) is 1.68. The minimum absolute atomic E-state index is 0.00801. The summed E-state index contributed by atoms with van der Waals surface area (Å²) in [6.45, 7) is 7.99. The maximum Gasteiger partial charge on any atom is 0.254 e. The average Bonchev–Trinajstić information content (AvgIpc) is 3.35. The summed E-state index contributed by atoms with van der Waals surface area (Å²) in [5, 5.41) is 4.19. The van der Waals surface area contributed by atoms with Gasteiger partial charge in [0.2, 0.25) is 5.75 Å². The van der Waals surface area contributed by atoms with Gasteiger partial charge in [-0.1, -0.05) is 0 Å². The van der Waals surface area contributed by atoms with Crippen LogP contribution in [0.2, 0.25) is 0 Å². The number of ether oxygens (including phenoxy) is 3. The van der Waals surface area contributed by atoms with Gasteiger partial charge in [-0.3, -0.25) is 4.79 Å². The molecule has 1 amide bonds. The molecule has 1 aliphatic rings. The minimum atomic E-state index is 0.00801. The largest absolute Gasteiger partial charge is 0.490 e. The fraction of sp³-hybridized carbons (Fsp3) is 0.476. The van der Waals surface area contributed by atoms with Crippen molar-refractivity contribution in [3.8, 4) is 17.2 Å². The summed E-state index contributed by atoms with van der Waals surface area (Å²) >= 11 is 1.67. The van der Waals surface area contributed by atoms with Gasteiger partial charge in [0.05, 0.1) is 25.9 Å². The fourth-order valence-electron chi connectivity index (χ4n) is 3.50. The highest BCUT2D eigenvalue weighted by atomic mass is 32.1. The van der Waals surface area contributed by atoms with Gasteiger partial charge in [-0.15, -0.1) is 0 Å². The van der Waals surface area contributed by atoms with Gasteiger partial charge < -0.3 is 19.1 Å². The van der Waals surface area contributed by atoms with Crippen LogP contribution in [-0.2, 0) is 0 Å². The van der Waals surface area contributed by atoms with E-state index in [1.54, 1.807) is 23.5 Å². The number of benzene rings is 1. The number of hydrogen-bond acceptors (Lipinski definition) is 5. The first-order chi connectivity index (χ1) is 13.2. The number of likely N-dealkylation sites (tertiary alicyclic amines) is 1. The average molecular weight is 390 g/mol. The fourth-order valence-corrected chi connectivity index (χ4v) is 4.21. The molecule has 1 aromatic carbocycles. The molecule has 1 unspecified atom stereocenters. The Balaban J connectivity index is 1.95. The number of nitrogens with zero attached hydrogens (tertiary/aromatic N) is 1. The second-order valence-corrected chi connectivity index (χ2v) is 7.09. The molecule has 1 aromatic heterocycles. The van der Waals surface area contributed by atoms with Crippen LogP contribution < -0.4 is 14.2 Å². The lowest BCUT2D eigenvalue weighted by Crippen LogP contribution is -2.30. The minimum Gasteiger partial charge on any atom is -0.490 e. The van der Waals surface area contributed by atoms with Crippen molar-refractivity contribution in [2.24, 2.45) is 0 Å². The van der Waals surface area contributed by atoms with Crippen LogP contribution in [0.4, 0.5) is 0 Å². The predicted octanol–water partition coefficient (Wildman–Crippen LogP) is 4.92. The SMILES string of the molecule is CCOc1cc(C(=O)N2CCCC2c2ccsc2)cc(OCC)c1OCC. The summed E-state index contributed by atoms with van der Waals surface area (Å²) in [6, 6.07) is 5.81. The molecular weight excluding hydrogens is 362 g/mol. The van der Waals surface area contributed by atoms with Crippen molar-refractivity contribution in [1.82, 2.24) is 4.90 Å². The first-order valence-corrected chi connectivity index (χ1v) is 10.5. The van der Waals surface area contributed by atoms with Crippen molar-refractivity contribution in [2.75, 3.05) is 26.4 Å². The molecular formula is C21H27NO4S. The summed E-state index contributed by atoms with van der Waals surface area (Å²) in [4.78, 5) is 15.3. The Morgan fingerprint density at radius 1 is 1.11 bits per heavy atom. The summed E-state index contributed by atoms with van der Waals surface area (Å²) in [7, 11) is 0. The molecule has 0 saturated carbocycles. The lowest BCUT2D eigenvalue weighted by atomic mass is 10.1. The molecule has 5 nitrogen and oxygen atoms in total. The van der Waals surface area contributed by atoms with Gasteiger partial charge in [-0.2, -0.15) is 11.3 Å². The van der Waals surface area contributed by atoms with Gasteiger partial charge in [0.1, 0.15) is 0 Å². The molecule has 6 heteroatoms. The first-order valence-electron chi connectivity index (χ1n) is 9.59. The molecule has 1 aliphatic heterocycles. The van der Waals surface area contributed by atoms with E-state index < -0.39 is 0 Å². The van der Waals surface area contributed by atoms with Crippen molar-refractivity contribution < 1.29 is 19.0 Å². The van der Waals surface area contributed by atoms with Gasteiger partial charge in [0.25, 0.3) is 5.91 Å². The number of amides is 1. The molecule has 1 saturated heterocycles. The van der Waals surface area contributed by atoms with Crippen LogP contribution in [0, 0.1) is 0 Å². The van der Waals surface area contributed by atoms with E-state index in [1.807, 2.05) is 25.7 Å². The molecule has 2 heterocycles. The summed E-state index contributed by atoms with van der Waals surface area (Å²) < 4.78 is 17.3. The number of rotatable bonds is 8. The van der Waals surface area contributed by atoms with Crippen LogP contribution in [0.5, 0.6) is 17.2 Å². The van der Waals surface area contributed by atoms with Crippen LogP contribution >= 0.6 is 11.3 Å². The maximum atomic E-state index is 13.3. The van der Waals surface area contributed by atoms with Crippen LogP contribution in [0.3, 0.4) is 0 Å². The normalized spacial score (nSPS) is 16.4. The Hall–Kier alpha value is -2.21. The zero-order valence-electron chi connectivity index (χ0n) is 16.2. The topological polar surface area (TPSA) is 48.0 Å². The maximum absolute atomic E-state index is 13.3. The Labute approximate surface area is 164 Å². The van der Waals surface area contributed by atoms with Crippen LogP contribution in [0.25, 0.3) is 0 Å². The highest BCUT2D eigenvalue weighted by molar-refractivity contribution is 7.08. The molecule has 146 valence electrons. The second-order valence-electron chi connectivity index (χ2n) is 6.31. The first kappa shape index (κ1) is 19.5. The van der Waals surface area contributed by atoms with Crippen molar-refractivity contribution >= 4 is 17.2 Å². The zero-order valence-corrected chi connectivity index (χ0v) is 17.0. The third-order valence-corrected chi connectivity index (χ3v) is 5.30. The third-order valence-electron chi connectivity index (χ3n) is 4.60. The summed E-state index contributed by atoms with van der Waals surface area (Å²) in [6.07, 6.45) is 2.01. The lowest BCUT2D eigenvalue weighted by molar-refractivity contribution is 0.0734. The predicted molar refractivity (Wildman–Crippen MR) is 107 cm³/mol. The highest BCUT2D eigenvalue weighted by Crippen LogP contribution is 2.41. The quantitative estimate of drug-likeness (QED) is 0.643. The third kappa shape index (κ3) is 4.21. The lowest BCUT2D eigenvalue weighted by Gasteiger charge is -2.25. The number of carbonyl (C=O) groups is 1. The Morgan fingerprint density at radius 3 is 2.33 bits per heavy atom.